The maximum atomic E-state index is 11.9. The van der Waals surface area contributed by atoms with Crippen molar-refractivity contribution in [1.29, 1.82) is 0 Å². The first-order valence-corrected chi connectivity index (χ1v) is 7.21. The van der Waals surface area contributed by atoms with Gasteiger partial charge in [0.05, 0.1) is 4.90 Å². The summed E-state index contributed by atoms with van der Waals surface area (Å²) < 4.78 is 26.4. The molecule has 0 heterocycles. The zero-order valence-electron chi connectivity index (χ0n) is 10.6. The fourth-order valence-corrected chi connectivity index (χ4v) is 2.56. The quantitative estimate of drug-likeness (QED) is 0.567. The number of hydrogen-bond donors (Lipinski definition) is 2. The molecule has 0 radical (unpaired) electrons. The highest BCUT2D eigenvalue weighted by Crippen LogP contribution is 2.11. The average molecular weight is 270 g/mol. The highest BCUT2D eigenvalue weighted by atomic mass is 32.2. The summed E-state index contributed by atoms with van der Waals surface area (Å²) in [6, 6.07) is 6.04. The Balaban J connectivity index is 2.78. The first-order valence-electron chi connectivity index (χ1n) is 5.72. The minimum Gasteiger partial charge on any atom is -0.320 e. The van der Waals surface area contributed by atoms with E-state index in [4.69, 9.17) is 0 Å². The van der Waals surface area contributed by atoms with Crippen LogP contribution < -0.4 is 10.0 Å². The van der Waals surface area contributed by atoms with Gasteiger partial charge < -0.3 is 5.32 Å². The third-order valence-corrected chi connectivity index (χ3v) is 3.91. The van der Waals surface area contributed by atoms with Gasteiger partial charge in [0, 0.05) is 12.1 Å². The van der Waals surface area contributed by atoms with Crippen LogP contribution in [0.4, 0.5) is 0 Å². The molecule has 5 nitrogen and oxygen atoms in total. The molecule has 0 bridgehead atoms. The number of sulfonamides is 1. The molecule has 0 aliphatic carbocycles. The van der Waals surface area contributed by atoms with Gasteiger partial charge in [-0.15, -0.1) is 0 Å². The number of nitrogens with one attached hydrogen (secondary N) is 2. The van der Waals surface area contributed by atoms with Crippen molar-refractivity contribution in [2.24, 2.45) is 0 Å². The van der Waals surface area contributed by atoms with Crippen LogP contribution in [0.5, 0.6) is 0 Å². The Labute approximate surface area is 108 Å². The fraction of sp³-hybridized carbons (Fsp3) is 0.417. The van der Waals surface area contributed by atoms with Crippen molar-refractivity contribution in [3.63, 3.8) is 0 Å². The summed E-state index contributed by atoms with van der Waals surface area (Å²) in [5.74, 6) is -0.151. The van der Waals surface area contributed by atoms with Crippen molar-refractivity contribution in [3.8, 4) is 0 Å². The fourth-order valence-electron chi connectivity index (χ4n) is 1.44. The molecule has 0 aliphatic rings. The van der Waals surface area contributed by atoms with E-state index in [0.29, 0.717) is 18.5 Å². The number of carbonyl (C=O) groups is 1. The molecule has 0 aromatic heterocycles. The van der Waals surface area contributed by atoms with E-state index in [2.05, 4.69) is 10.0 Å². The summed E-state index contributed by atoms with van der Waals surface area (Å²) in [4.78, 5) is 11.3. The van der Waals surface area contributed by atoms with Gasteiger partial charge in [0.15, 0.2) is 5.78 Å². The van der Waals surface area contributed by atoms with Crippen LogP contribution in [0, 0.1) is 0 Å². The van der Waals surface area contributed by atoms with Gasteiger partial charge in [-0.2, -0.15) is 0 Å². The lowest BCUT2D eigenvalue weighted by Crippen LogP contribution is -2.27. The van der Waals surface area contributed by atoms with E-state index < -0.39 is 10.0 Å². The first kappa shape index (κ1) is 14.8. The lowest BCUT2D eigenvalue weighted by molar-refractivity contribution is 0.101. The number of rotatable bonds is 7. The molecule has 0 saturated carbocycles. The van der Waals surface area contributed by atoms with Crippen LogP contribution in [0.25, 0.3) is 0 Å². The first-order chi connectivity index (χ1) is 8.47. The van der Waals surface area contributed by atoms with Gasteiger partial charge in [0.2, 0.25) is 10.0 Å². The largest absolute Gasteiger partial charge is 0.320 e. The van der Waals surface area contributed by atoms with Crippen molar-refractivity contribution in [2.75, 3.05) is 20.1 Å². The van der Waals surface area contributed by atoms with Crippen LogP contribution >= 0.6 is 0 Å². The maximum Gasteiger partial charge on any atom is 0.240 e. The molecule has 1 rings (SSSR count). The van der Waals surface area contributed by atoms with Crippen LogP contribution in [0.15, 0.2) is 29.2 Å². The molecular weight excluding hydrogens is 252 g/mol. The minimum absolute atomic E-state index is 0.125. The Hall–Kier alpha value is -1.24. The standard InChI is InChI=1S/C12H18N2O3S/c1-10(15)11-5-3-6-12(9-11)18(16,17)14-8-4-7-13-2/h3,5-6,9,13-14H,4,7-8H2,1-2H3. The second kappa shape index (κ2) is 6.63. The van der Waals surface area contributed by atoms with Crippen LogP contribution in [-0.4, -0.2) is 34.3 Å². The molecule has 2 N–H and O–H groups in total. The lowest BCUT2D eigenvalue weighted by Gasteiger charge is -2.07. The number of hydrogen-bond acceptors (Lipinski definition) is 4. The van der Waals surface area contributed by atoms with Gasteiger partial charge in [-0.25, -0.2) is 13.1 Å². The summed E-state index contributed by atoms with van der Waals surface area (Å²) >= 11 is 0. The molecule has 0 spiro atoms. The van der Waals surface area contributed by atoms with Crippen LogP contribution in [-0.2, 0) is 10.0 Å². The molecular formula is C12H18N2O3S. The smallest absolute Gasteiger partial charge is 0.240 e. The summed E-state index contributed by atoms with van der Waals surface area (Å²) in [6.45, 7) is 2.52. The number of Topliss-reactive ketones (excluding diaryl/α,β-unsaturated/α-hetero) is 1. The normalized spacial score (nSPS) is 11.4. The van der Waals surface area contributed by atoms with E-state index in [1.165, 1.54) is 19.1 Å². The number of ketones is 1. The molecule has 100 valence electrons. The van der Waals surface area contributed by atoms with E-state index in [0.717, 1.165) is 6.54 Å². The van der Waals surface area contributed by atoms with Crippen molar-refractivity contribution in [3.05, 3.63) is 29.8 Å². The highest BCUT2D eigenvalue weighted by molar-refractivity contribution is 7.89. The summed E-state index contributed by atoms with van der Waals surface area (Å²) in [5, 5.41) is 2.94. The average Bonchev–Trinajstić information content (AvgIpc) is 2.35. The summed E-state index contributed by atoms with van der Waals surface area (Å²) in [5.41, 5.74) is 0.396. The van der Waals surface area contributed by atoms with Gasteiger partial charge >= 0.3 is 0 Å². The molecule has 0 fully saturated rings. The van der Waals surface area contributed by atoms with Gasteiger partial charge in [0.25, 0.3) is 0 Å². The Morgan fingerprint density at radius 2 is 2.00 bits per heavy atom. The van der Waals surface area contributed by atoms with Crippen molar-refractivity contribution < 1.29 is 13.2 Å². The van der Waals surface area contributed by atoms with Crippen molar-refractivity contribution in [1.82, 2.24) is 10.0 Å². The molecule has 1 aromatic rings. The summed E-state index contributed by atoms with van der Waals surface area (Å²) in [7, 11) is -1.72. The second-order valence-corrected chi connectivity index (χ2v) is 5.71. The zero-order chi connectivity index (χ0) is 13.6. The Morgan fingerprint density at radius 1 is 1.28 bits per heavy atom. The van der Waals surface area contributed by atoms with Crippen LogP contribution in [0.2, 0.25) is 0 Å². The molecule has 0 amide bonds. The second-order valence-electron chi connectivity index (χ2n) is 3.94. The van der Waals surface area contributed by atoms with Gasteiger partial charge in [-0.1, -0.05) is 12.1 Å². The summed E-state index contributed by atoms with van der Waals surface area (Å²) in [6.07, 6.45) is 0.710. The molecule has 0 unspecified atom stereocenters. The van der Waals surface area contributed by atoms with E-state index in [1.54, 1.807) is 12.1 Å². The van der Waals surface area contributed by atoms with Gasteiger partial charge in [0.1, 0.15) is 0 Å². The van der Waals surface area contributed by atoms with E-state index >= 15 is 0 Å². The zero-order valence-corrected chi connectivity index (χ0v) is 11.4. The monoisotopic (exact) mass is 270 g/mol. The Kier molecular flexibility index (Phi) is 5.46. The highest BCUT2D eigenvalue weighted by Gasteiger charge is 2.14. The number of benzene rings is 1. The predicted octanol–water partition coefficient (Wildman–Crippen LogP) is 0.777. The van der Waals surface area contributed by atoms with E-state index in [-0.39, 0.29) is 10.7 Å². The van der Waals surface area contributed by atoms with Crippen LogP contribution in [0.3, 0.4) is 0 Å². The lowest BCUT2D eigenvalue weighted by atomic mass is 10.2. The van der Waals surface area contributed by atoms with Crippen molar-refractivity contribution >= 4 is 15.8 Å². The Morgan fingerprint density at radius 3 is 2.61 bits per heavy atom. The Bertz CT molecular complexity index is 512. The molecule has 6 heteroatoms. The molecule has 0 atom stereocenters. The van der Waals surface area contributed by atoms with E-state index in [1.807, 2.05) is 7.05 Å². The molecule has 18 heavy (non-hydrogen) atoms. The van der Waals surface area contributed by atoms with Crippen molar-refractivity contribution in [2.45, 2.75) is 18.2 Å². The number of carbonyl (C=O) groups excluding carboxylic acids is 1. The maximum absolute atomic E-state index is 11.9. The van der Waals surface area contributed by atoms with E-state index in [9.17, 15) is 13.2 Å². The molecule has 0 aliphatic heterocycles. The SMILES string of the molecule is CNCCCNS(=O)(=O)c1cccc(C(C)=O)c1. The topological polar surface area (TPSA) is 75.3 Å². The van der Waals surface area contributed by atoms with Gasteiger partial charge in [-0.3, -0.25) is 4.79 Å². The minimum atomic E-state index is -3.53. The molecule has 1 aromatic carbocycles. The molecule has 0 saturated heterocycles. The van der Waals surface area contributed by atoms with Crippen LogP contribution in [0.1, 0.15) is 23.7 Å². The predicted molar refractivity (Wildman–Crippen MR) is 70.2 cm³/mol. The third kappa shape index (κ3) is 4.21. The van der Waals surface area contributed by atoms with Gasteiger partial charge in [-0.05, 0) is 39.1 Å². The third-order valence-electron chi connectivity index (χ3n) is 2.45.